The molecule has 112 valence electrons. The van der Waals surface area contributed by atoms with Crippen molar-refractivity contribution < 1.29 is 9.90 Å². The van der Waals surface area contributed by atoms with Crippen LogP contribution in [0.2, 0.25) is 0 Å². The molecule has 0 aliphatic rings. The average Bonchev–Trinajstić information content (AvgIpc) is 2.99. The molecule has 0 fully saturated rings. The van der Waals surface area contributed by atoms with Crippen LogP contribution in [-0.4, -0.2) is 39.7 Å². The van der Waals surface area contributed by atoms with E-state index in [0.29, 0.717) is 25.1 Å². The number of carboxylic acids is 1. The second kappa shape index (κ2) is 7.56. The van der Waals surface area contributed by atoms with Gasteiger partial charge in [0.25, 0.3) is 0 Å². The third kappa shape index (κ3) is 4.70. The Hall–Kier alpha value is -2.18. The van der Waals surface area contributed by atoms with Gasteiger partial charge in [-0.2, -0.15) is 0 Å². The van der Waals surface area contributed by atoms with Gasteiger partial charge in [0.05, 0.1) is 12.0 Å². The van der Waals surface area contributed by atoms with Crippen molar-refractivity contribution in [1.82, 2.24) is 15.3 Å². The van der Waals surface area contributed by atoms with Crippen molar-refractivity contribution in [3.63, 3.8) is 0 Å². The summed E-state index contributed by atoms with van der Waals surface area (Å²) in [5.74, 6) is -0.899. The van der Waals surface area contributed by atoms with Crippen LogP contribution in [0.4, 0.5) is 0 Å². The fourth-order valence-electron chi connectivity index (χ4n) is 2.22. The van der Waals surface area contributed by atoms with Gasteiger partial charge in [-0.05, 0) is 12.0 Å². The molecule has 0 radical (unpaired) electrons. The van der Waals surface area contributed by atoms with E-state index in [1.54, 1.807) is 12.5 Å². The highest BCUT2D eigenvalue weighted by Crippen LogP contribution is 2.05. The van der Waals surface area contributed by atoms with Gasteiger partial charge in [-0.15, -0.1) is 0 Å². The molecule has 1 aromatic carbocycles. The number of benzene rings is 1. The van der Waals surface area contributed by atoms with Crippen LogP contribution in [0.5, 0.6) is 0 Å². The molecule has 0 saturated heterocycles. The van der Waals surface area contributed by atoms with E-state index in [0.717, 1.165) is 5.56 Å². The largest absolute Gasteiger partial charge is 0.480 e. The standard InChI is InChI=1S/C15H20N4O2/c16-8-12(6-11-4-2-1-3-5-11)19-14(15(20)21)7-13-9-17-10-18-13/h1-5,9-10,12,14,19H,6-8,16H2,(H,17,18)(H,20,21)/t12?,14-/m0/s1. The first kappa shape index (κ1) is 15.2. The molecule has 21 heavy (non-hydrogen) atoms. The van der Waals surface area contributed by atoms with E-state index in [-0.39, 0.29) is 6.04 Å². The zero-order valence-electron chi connectivity index (χ0n) is 11.7. The Kier molecular flexibility index (Phi) is 5.48. The molecule has 6 heteroatoms. The summed E-state index contributed by atoms with van der Waals surface area (Å²) in [4.78, 5) is 18.3. The summed E-state index contributed by atoms with van der Waals surface area (Å²) in [5.41, 5.74) is 7.61. The maximum Gasteiger partial charge on any atom is 0.321 e. The number of aliphatic carboxylic acids is 1. The van der Waals surface area contributed by atoms with Crippen LogP contribution in [0.3, 0.4) is 0 Å². The molecule has 5 N–H and O–H groups in total. The van der Waals surface area contributed by atoms with E-state index >= 15 is 0 Å². The zero-order chi connectivity index (χ0) is 15.1. The first-order chi connectivity index (χ1) is 10.2. The molecule has 1 unspecified atom stereocenters. The molecule has 2 atom stereocenters. The van der Waals surface area contributed by atoms with Gasteiger partial charge in [0, 0.05) is 25.2 Å². The summed E-state index contributed by atoms with van der Waals surface area (Å²) in [6.07, 6.45) is 4.26. The average molecular weight is 288 g/mol. The van der Waals surface area contributed by atoms with Crippen LogP contribution in [0, 0.1) is 0 Å². The van der Waals surface area contributed by atoms with Gasteiger partial charge in [-0.1, -0.05) is 30.3 Å². The van der Waals surface area contributed by atoms with Crippen molar-refractivity contribution in [2.45, 2.75) is 24.9 Å². The third-order valence-electron chi connectivity index (χ3n) is 3.31. The number of aromatic amines is 1. The van der Waals surface area contributed by atoms with Crippen LogP contribution in [0.25, 0.3) is 0 Å². The van der Waals surface area contributed by atoms with E-state index in [2.05, 4.69) is 15.3 Å². The predicted octanol–water partition coefficient (Wildman–Crippen LogP) is 0.565. The number of carboxylic acid groups (broad SMARTS) is 1. The number of aromatic nitrogens is 2. The molecular formula is C15H20N4O2. The normalized spacial score (nSPS) is 13.8. The number of H-pyrrole nitrogens is 1. The zero-order valence-corrected chi connectivity index (χ0v) is 11.7. The number of rotatable bonds is 8. The molecule has 1 heterocycles. The quantitative estimate of drug-likeness (QED) is 0.568. The van der Waals surface area contributed by atoms with E-state index in [1.807, 2.05) is 30.3 Å². The van der Waals surface area contributed by atoms with Gasteiger partial charge in [-0.3, -0.25) is 10.1 Å². The van der Waals surface area contributed by atoms with Gasteiger partial charge in [0.2, 0.25) is 0 Å². The lowest BCUT2D eigenvalue weighted by atomic mass is 10.0. The van der Waals surface area contributed by atoms with E-state index in [4.69, 9.17) is 5.73 Å². The number of nitrogens with zero attached hydrogens (tertiary/aromatic N) is 1. The number of hydrogen-bond donors (Lipinski definition) is 4. The minimum absolute atomic E-state index is 0.0903. The molecule has 0 saturated carbocycles. The predicted molar refractivity (Wildman–Crippen MR) is 79.8 cm³/mol. The Balaban J connectivity index is 1.98. The van der Waals surface area contributed by atoms with Crippen LogP contribution in [0.15, 0.2) is 42.9 Å². The van der Waals surface area contributed by atoms with Gasteiger partial charge in [0.15, 0.2) is 0 Å². The van der Waals surface area contributed by atoms with Crippen LogP contribution in [-0.2, 0) is 17.6 Å². The molecular weight excluding hydrogens is 268 g/mol. The summed E-state index contributed by atoms with van der Waals surface area (Å²) in [6.45, 7) is 0.374. The smallest absolute Gasteiger partial charge is 0.321 e. The lowest BCUT2D eigenvalue weighted by molar-refractivity contribution is -0.139. The molecule has 0 bridgehead atoms. The second-order valence-electron chi connectivity index (χ2n) is 4.94. The van der Waals surface area contributed by atoms with E-state index < -0.39 is 12.0 Å². The van der Waals surface area contributed by atoms with E-state index in [9.17, 15) is 9.90 Å². The van der Waals surface area contributed by atoms with Gasteiger partial charge < -0.3 is 15.8 Å². The highest BCUT2D eigenvalue weighted by molar-refractivity contribution is 5.73. The van der Waals surface area contributed by atoms with Crippen molar-refractivity contribution in [2.24, 2.45) is 5.73 Å². The molecule has 1 aromatic heterocycles. The van der Waals surface area contributed by atoms with Crippen molar-refractivity contribution in [2.75, 3.05) is 6.54 Å². The highest BCUT2D eigenvalue weighted by atomic mass is 16.4. The molecule has 6 nitrogen and oxygen atoms in total. The number of hydrogen-bond acceptors (Lipinski definition) is 4. The van der Waals surface area contributed by atoms with Gasteiger partial charge >= 0.3 is 5.97 Å². The Morgan fingerprint density at radius 3 is 2.67 bits per heavy atom. The topological polar surface area (TPSA) is 104 Å². The first-order valence-electron chi connectivity index (χ1n) is 6.89. The highest BCUT2D eigenvalue weighted by Gasteiger charge is 2.22. The molecule has 2 aromatic rings. The molecule has 0 aliphatic carbocycles. The van der Waals surface area contributed by atoms with Crippen molar-refractivity contribution >= 4 is 5.97 Å². The number of imidazole rings is 1. The first-order valence-corrected chi connectivity index (χ1v) is 6.89. The summed E-state index contributed by atoms with van der Waals surface area (Å²) in [5, 5.41) is 12.5. The number of carbonyl (C=O) groups is 1. The Morgan fingerprint density at radius 1 is 1.33 bits per heavy atom. The maximum atomic E-state index is 11.4. The van der Waals surface area contributed by atoms with E-state index in [1.165, 1.54) is 0 Å². The summed E-state index contributed by atoms with van der Waals surface area (Å²) >= 11 is 0. The lowest BCUT2D eigenvalue weighted by Gasteiger charge is -2.22. The SMILES string of the molecule is NCC(Cc1ccccc1)N[C@@H](Cc1c[nH]cn1)C(=O)O. The third-order valence-corrected chi connectivity index (χ3v) is 3.31. The number of nitrogens with two attached hydrogens (primary N) is 1. The van der Waals surface area contributed by atoms with Crippen molar-refractivity contribution in [3.8, 4) is 0 Å². The van der Waals surface area contributed by atoms with Crippen LogP contribution < -0.4 is 11.1 Å². The van der Waals surface area contributed by atoms with Gasteiger partial charge in [-0.25, -0.2) is 4.98 Å². The minimum atomic E-state index is -0.899. The summed E-state index contributed by atoms with van der Waals surface area (Å²) in [6, 6.07) is 9.09. The molecule has 0 aliphatic heterocycles. The van der Waals surface area contributed by atoms with Gasteiger partial charge in [0.1, 0.15) is 6.04 Å². The summed E-state index contributed by atoms with van der Waals surface area (Å²) in [7, 11) is 0. The van der Waals surface area contributed by atoms with Crippen molar-refractivity contribution in [1.29, 1.82) is 0 Å². The molecule has 0 amide bonds. The lowest BCUT2D eigenvalue weighted by Crippen LogP contribution is -2.48. The second-order valence-corrected chi connectivity index (χ2v) is 4.94. The monoisotopic (exact) mass is 288 g/mol. The Bertz CT molecular complexity index is 542. The number of nitrogens with one attached hydrogen (secondary N) is 2. The Labute approximate surface area is 123 Å². The van der Waals surface area contributed by atoms with Crippen molar-refractivity contribution in [3.05, 3.63) is 54.1 Å². The fraction of sp³-hybridized carbons (Fsp3) is 0.333. The minimum Gasteiger partial charge on any atom is -0.480 e. The maximum absolute atomic E-state index is 11.4. The Morgan fingerprint density at radius 2 is 2.10 bits per heavy atom. The summed E-state index contributed by atoms with van der Waals surface area (Å²) < 4.78 is 0. The van der Waals surface area contributed by atoms with Crippen LogP contribution >= 0.6 is 0 Å². The molecule has 0 spiro atoms. The van der Waals surface area contributed by atoms with Crippen LogP contribution in [0.1, 0.15) is 11.3 Å². The fourth-order valence-corrected chi connectivity index (χ4v) is 2.22. The molecule has 2 rings (SSSR count).